The number of hydrogen-bond acceptors (Lipinski definition) is 6. The average molecular weight is 385 g/mol. The van der Waals surface area contributed by atoms with Gasteiger partial charge in [-0.25, -0.2) is 5.01 Å². The van der Waals surface area contributed by atoms with E-state index in [4.69, 9.17) is 36.9 Å². The fraction of sp³-hybridized carbons (Fsp3) is 0.263. The molecule has 0 aliphatic carbocycles. The minimum absolute atomic E-state index is 0.122. The van der Waals surface area contributed by atoms with Crippen molar-refractivity contribution < 1.29 is 18.9 Å². The molecule has 0 spiro atoms. The summed E-state index contributed by atoms with van der Waals surface area (Å²) in [5, 5.41) is 6.53. The lowest BCUT2D eigenvalue weighted by Crippen LogP contribution is -2.31. The summed E-state index contributed by atoms with van der Waals surface area (Å²) >= 11 is 5.22. The van der Waals surface area contributed by atoms with E-state index < -0.39 is 0 Å². The molecule has 140 valence electrons. The van der Waals surface area contributed by atoms with Crippen molar-refractivity contribution in [2.45, 2.75) is 12.5 Å². The third kappa shape index (κ3) is 3.12. The summed E-state index contributed by atoms with van der Waals surface area (Å²) < 4.78 is 21.6. The number of hydrogen-bond donors (Lipinski definition) is 1. The van der Waals surface area contributed by atoms with E-state index in [1.54, 1.807) is 19.2 Å². The number of fused-ring (bicyclic) bond motifs is 1. The topological polar surface area (TPSA) is 78.5 Å². The minimum atomic E-state index is -0.122. The van der Waals surface area contributed by atoms with Gasteiger partial charge in [-0.05, 0) is 48.1 Å². The van der Waals surface area contributed by atoms with E-state index in [0.29, 0.717) is 23.7 Å². The van der Waals surface area contributed by atoms with Crippen LogP contribution >= 0.6 is 12.2 Å². The lowest BCUT2D eigenvalue weighted by Gasteiger charge is -2.22. The fourth-order valence-corrected chi connectivity index (χ4v) is 3.45. The molecule has 0 radical (unpaired) electrons. The van der Waals surface area contributed by atoms with Crippen molar-refractivity contribution in [2.75, 3.05) is 21.0 Å². The van der Waals surface area contributed by atoms with Gasteiger partial charge in [0, 0.05) is 12.0 Å². The van der Waals surface area contributed by atoms with E-state index in [9.17, 15) is 0 Å². The van der Waals surface area contributed by atoms with Crippen LogP contribution in [-0.4, -0.2) is 36.8 Å². The first-order valence-electron chi connectivity index (χ1n) is 8.39. The summed E-state index contributed by atoms with van der Waals surface area (Å²) in [7, 11) is 3.21. The number of ether oxygens (including phenoxy) is 4. The maximum atomic E-state index is 5.93. The molecular weight excluding hydrogens is 366 g/mol. The van der Waals surface area contributed by atoms with E-state index in [-0.39, 0.29) is 17.9 Å². The molecule has 2 aromatic rings. The summed E-state index contributed by atoms with van der Waals surface area (Å²) in [5.74, 6) is 2.76. The van der Waals surface area contributed by atoms with Gasteiger partial charge in [0.25, 0.3) is 0 Å². The largest absolute Gasteiger partial charge is 0.493 e. The molecule has 0 saturated carbocycles. The molecule has 2 aliphatic heterocycles. The number of nitrogens with zero attached hydrogens (tertiary/aromatic N) is 2. The molecule has 0 bridgehead atoms. The van der Waals surface area contributed by atoms with E-state index >= 15 is 0 Å². The molecule has 0 unspecified atom stereocenters. The van der Waals surface area contributed by atoms with Gasteiger partial charge in [0.2, 0.25) is 6.79 Å². The minimum Gasteiger partial charge on any atom is -0.493 e. The zero-order valence-electron chi connectivity index (χ0n) is 15.0. The molecule has 27 heavy (non-hydrogen) atoms. The highest BCUT2D eigenvalue weighted by Gasteiger charge is 2.31. The Hall–Kier alpha value is -3.00. The van der Waals surface area contributed by atoms with Gasteiger partial charge in [0.05, 0.1) is 26.0 Å². The van der Waals surface area contributed by atoms with Crippen molar-refractivity contribution in [2.24, 2.45) is 10.8 Å². The second kappa shape index (κ2) is 6.96. The molecule has 0 saturated heterocycles. The van der Waals surface area contributed by atoms with Gasteiger partial charge in [-0.2, -0.15) is 5.10 Å². The second-order valence-corrected chi connectivity index (χ2v) is 6.55. The lowest BCUT2D eigenvalue weighted by molar-refractivity contribution is 0.174. The third-order valence-electron chi connectivity index (χ3n) is 4.63. The average Bonchev–Trinajstić information content (AvgIpc) is 3.33. The van der Waals surface area contributed by atoms with Gasteiger partial charge in [-0.1, -0.05) is 6.07 Å². The van der Waals surface area contributed by atoms with E-state index in [0.717, 1.165) is 22.6 Å². The van der Waals surface area contributed by atoms with Crippen LogP contribution in [0, 0.1) is 0 Å². The molecule has 1 atom stereocenters. The number of hydrazone groups is 1. The Balaban J connectivity index is 1.67. The number of methoxy groups -OCH3 is 2. The molecule has 7 nitrogen and oxygen atoms in total. The Kier molecular flexibility index (Phi) is 4.49. The van der Waals surface area contributed by atoms with E-state index in [1.165, 1.54) is 0 Å². The zero-order chi connectivity index (χ0) is 19.0. The van der Waals surface area contributed by atoms with Crippen molar-refractivity contribution in [1.29, 1.82) is 0 Å². The molecular formula is C19H19N3O4S. The standard InChI is InChI=1S/C19H19N3O4S/c1-23-15-5-4-12(8-17(15)24-2)14-9-13(21-22(14)19(20)27)11-3-6-16-18(7-11)26-10-25-16/h3-8,14H,9-10H2,1-2H3,(H2,20,27)/t14-/m1/s1. The monoisotopic (exact) mass is 385 g/mol. The van der Waals surface area contributed by atoms with Crippen molar-refractivity contribution >= 4 is 23.0 Å². The molecule has 2 aromatic carbocycles. The molecule has 0 amide bonds. The normalized spacial score (nSPS) is 17.6. The van der Waals surface area contributed by atoms with Gasteiger partial charge < -0.3 is 24.7 Å². The Morgan fingerprint density at radius 2 is 1.89 bits per heavy atom. The highest BCUT2D eigenvalue weighted by Crippen LogP contribution is 2.39. The van der Waals surface area contributed by atoms with Crippen molar-refractivity contribution in [3.8, 4) is 23.0 Å². The van der Waals surface area contributed by atoms with Gasteiger partial charge in [0.15, 0.2) is 28.1 Å². The predicted molar refractivity (Wildman–Crippen MR) is 105 cm³/mol. The van der Waals surface area contributed by atoms with Crippen LogP contribution in [-0.2, 0) is 0 Å². The van der Waals surface area contributed by atoms with Gasteiger partial charge in [-0.3, -0.25) is 0 Å². The summed E-state index contributed by atoms with van der Waals surface area (Å²) in [6.45, 7) is 0.235. The van der Waals surface area contributed by atoms with Crippen LogP contribution in [0.25, 0.3) is 0 Å². The van der Waals surface area contributed by atoms with Crippen LogP contribution in [0.5, 0.6) is 23.0 Å². The van der Waals surface area contributed by atoms with Gasteiger partial charge in [0.1, 0.15) is 0 Å². The van der Waals surface area contributed by atoms with Crippen LogP contribution in [0.15, 0.2) is 41.5 Å². The number of benzene rings is 2. The SMILES string of the molecule is COc1ccc([C@H]2CC(c3ccc4c(c3)OCO4)=NN2C(N)=S)cc1OC. The second-order valence-electron chi connectivity index (χ2n) is 6.13. The molecule has 2 aliphatic rings. The Morgan fingerprint density at radius 1 is 1.11 bits per heavy atom. The first-order valence-corrected chi connectivity index (χ1v) is 8.79. The quantitative estimate of drug-likeness (QED) is 0.811. The van der Waals surface area contributed by atoms with Crippen LogP contribution in [0.4, 0.5) is 0 Å². The van der Waals surface area contributed by atoms with Gasteiger partial charge in [-0.15, -0.1) is 0 Å². The number of rotatable bonds is 4. The first-order chi connectivity index (χ1) is 13.1. The molecule has 4 rings (SSSR count). The Morgan fingerprint density at radius 3 is 2.63 bits per heavy atom. The number of nitrogens with two attached hydrogens (primary N) is 1. The smallest absolute Gasteiger partial charge is 0.231 e. The summed E-state index contributed by atoms with van der Waals surface area (Å²) in [6.07, 6.45) is 0.645. The molecule has 0 fully saturated rings. The summed E-state index contributed by atoms with van der Waals surface area (Å²) in [5.41, 5.74) is 8.74. The lowest BCUT2D eigenvalue weighted by atomic mass is 9.98. The third-order valence-corrected chi connectivity index (χ3v) is 4.82. The highest BCUT2D eigenvalue weighted by atomic mass is 32.1. The molecule has 2 N–H and O–H groups in total. The zero-order valence-corrected chi connectivity index (χ0v) is 15.8. The van der Waals surface area contributed by atoms with E-state index in [2.05, 4.69) is 5.10 Å². The van der Waals surface area contributed by atoms with Crippen molar-refractivity contribution in [3.63, 3.8) is 0 Å². The predicted octanol–water partition coefficient (Wildman–Crippen LogP) is 2.83. The Labute approximate surface area is 162 Å². The number of thiocarbonyl (C=S) groups is 1. The highest BCUT2D eigenvalue weighted by molar-refractivity contribution is 7.80. The maximum Gasteiger partial charge on any atom is 0.231 e. The summed E-state index contributed by atoms with van der Waals surface area (Å²) in [4.78, 5) is 0. The van der Waals surface area contributed by atoms with Crippen LogP contribution < -0.4 is 24.7 Å². The van der Waals surface area contributed by atoms with E-state index in [1.807, 2.05) is 36.4 Å². The molecule has 2 heterocycles. The maximum absolute atomic E-state index is 5.93. The van der Waals surface area contributed by atoms with Crippen molar-refractivity contribution in [1.82, 2.24) is 5.01 Å². The van der Waals surface area contributed by atoms with Crippen LogP contribution in [0.2, 0.25) is 0 Å². The summed E-state index contributed by atoms with van der Waals surface area (Å²) in [6, 6.07) is 11.4. The fourth-order valence-electron chi connectivity index (χ4n) is 3.28. The van der Waals surface area contributed by atoms with Gasteiger partial charge >= 0.3 is 0 Å². The van der Waals surface area contributed by atoms with Crippen LogP contribution in [0.1, 0.15) is 23.6 Å². The Bertz CT molecular complexity index is 931. The van der Waals surface area contributed by atoms with Crippen LogP contribution in [0.3, 0.4) is 0 Å². The van der Waals surface area contributed by atoms with Crippen molar-refractivity contribution in [3.05, 3.63) is 47.5 Å². The first kappa shape index (κ1) is 17.4. The molecule has 0 aromatic heterocycles. The molecule has 8 heteroatoms.